The van der Waals surface area contributed by atoms with Crippen molar-refractivity contribution >= 4 is 28.4 Å². The lowest BCUT2D eigenvalue weighted by molar-refractivity contribution is -0.139. The van der Waals surface area contributed by atoms with Crippen LogP contribution in [0.3, 0.4) is 0 Å². The highest BCUT2D eigenvalue weighted by atomic mass is 35.5. The number of carbonyl (C=O) groups excluding carboxylic acids is 1. The molecule has 32 heavy (non-hydrogen) atoms. The number of amides is 1. The van der Waals surface area contributed by atoms with Crippen LogP contribution in [0.4, 0.5) is 0 Å². The molecule has 0 spiro atoms. The van der Waals surface area contributed by atoms with Crippen LogP contribution in [0.1, 0.15) is 51.0 Å². The predicted octanol–water partition coefficient (Wildman–Crippen LogP) is 4.98. The van der Waals surface area contributed by atoms with E-state index in [1.165, 1.54) is 0 Å². The summed E-state index contributed by atoms with van der Waals surface area (Å²) in [5.41, 5.74) is 1.44. The van der Waals surface area contributed by atoms with Crippen molar-refractivity contribution in [2.45, 2.75) is 52.8 Å². The molecule has 1 unspecified atom stereocenters. The lowest BCUT2D eigenvalue weighted by atomic mass is 10.1. The Morgan fingerprint density at radius 3 is 2.56 bits per heavy atom. The third-order valence-electron chi connectivity index (χ3n) is 5.45. The van der Waals surface area contributed by atoms with Gasteiger partial charge < -0.3 is 9.64 Å². The fourth-order valence-electron chi connectivity index (χ4n) is 3.92. The van der Waals surface area contributed by atoms with Crippen LogP contribution in [0.15, 0.2) is 53.3 Å². The first-order valence-electron chi connectivity index (χ1n) is 11.1. The zero-order valence-electron chi connectivity index (χ0n) is 18.9. The number of nitrogens with zero attached hydrogens (tertiary/aromatic N) is 3. The fourth-order valence-corrected chi connectivity index (χ4v) is 4.09. The molecule has 2 aromatic carbocycles. The van der Waals surface area contributed by atoms with Gasteiger partial charge in [0.15, 0.2) is 0 Å². The van der Waals surface area contributed by atoms with E-state index in [1.54, 1.807) is 27.7 Å². The molecule has 3 aromatic rings. The highest BCUT2D eigenvalue weighted by molar-refractivity contribution is 6.31. The molecule has 1 heterocycles. The highest BCUT2D eigenvalue weighted by Gasteiger charge is 2.27. The Morgan fingerprint density at radius 1 is 1.16 bits per heavy atom. The molecule has 170 valence electrons. The molecule has 1 amide bonds. The average Bonchev–Trinajstić information content (AvgIpc) is 2.79. The quantitative estimate of drug-likeness (QED) is 0.432. The van der Waals surface area contributed by atoms with Crippen molar-refractivity contribution in [2.75, 3.05) is 13.2 Å². The third kappa shape index (κ3) is 5.37. The van der Waals surface area contributed by atoms with Gasteiger partial charge in [-0.25, -0.2) is 4.98 Å². The molecule has 0 radical (unpaired) electrons. The van der Waals surface area contributed by atoms with E-state index in [0.29, 0.717) is 47.9 Å². The van der Waals surface area contributed by atoms with Gasteiger partial charge in [-0.2, -0.15) is 0 Å². The van der Waals surface area contributed by atoms with Crippen LogP contribution in [-0.2, 0) is 22.7 Å². The van der Waals surface area contributed by atoms with E-state index in [4.69, 9.17) is 21.3 Å². The molecular formula is C25H30ClN3O3. The molecule has 1 atom stereocenters. The molecule has 0 aliphatic rings. The minimum atomic E-state index is -0.334. The minimum absolute atomic E-state index is 0.0266. The predicted molar refractivity (Wildman–Crippen MR) is 128 cm³/mol. The summed E-state index contributed by atoms with van der Waals surface area (Å²) < 4.78 is 7.37. The first kappa shape index (κ1) is 24.0. The summed E-state index contributed by atoms with van der Waals surface area (Å²) in [6, 6.07) is 14.5. The number of hydrogen-bond acceptors (Lipinski definition) is 4. The Labute approximate surface area is 193 Å². The Kier molecular flexibility index (Phi) is 8.42. The summed E-state index contributed by atoms with van der Waals surface area (Å²) in [6.45, 7) is 7.30. The van der Waals surface area contributed by atoms with Gasteiger partial charge in [-0.1, -0.05) is 55.8 Å². The standard InChI is InChI=1S/C25H30ClN3O3/c1-4-14-29(23(30)17-32-16-18-10-8-7-9-11-18)22(5-2)24-27-21-15-19(26)12-13-20(21)25(31)28(24)6-3/h7-13,15,22H,4-6,14,16-17H2,1-3H3. The van der Waals surface area contributed by atoms with Gasteiger partial charge in [0, 0.05) is 18.1 Å². The van der Waals surface area contributed by atoms with Crippen LogP contribution in [0.2, 0.25) is 5.02 Å². The molecule has 1 aromatic heterocycles. The smallest absolute Gasteiger partial charge is 0.261 e. The Morgan fingerprint density at radius 2 is 1.91 bits per heavy atom. The molecule has 0 aliphatic heterocycles. The number of carbonyl (C=O) groups is 1. The maximum atomic E-state index is 13.2. The summed E-state index contributed by atoms with van der Waals surface area (Å²) in [6.07, 6.45) is 1.42. The maximum absolute atomic E-state index is 13.2. The van der Waals surface area contributed by atoms with Crippen molar-refractivity contribution in [3.63, 3.8) is 0 Å². The Hall–Kier alpha value is -2.70. The number of hydrogen-bond donors (Lipinski definition) is 0. The molecule has 7 heteroatoms. The first-order chi connectivity index (χ1) is 15.5. The largest absolute Gasteiger partial charge is 0.367 e. The molecule has 0 saturated heterocycles. The maximum Gasteiger partial charge on any atom is 0.261 e. The van der Waals surface area contributed by atoms with E-state index in [2.05, 4.69) is 0 Å². The van der Waals surface area contributed by atoms with Gasteiger partial charge in [0.2, 0.25) is 5.91 Å². The van der Waals surface area contributed by atoms with Gasteiger partial charge in [-0.15, -0.1) is 0 Å². The molecule has 6 nitrogen and oxygen atoms in total. The number of rotatable bonds is 10. The van der Waals surface area contributed by atoms with Gasteiger partial charge in [0.25, 0.3) is 5.56 Å². The van der Waals surface area contributed by atoms with Gasteiger partial charge in [-0.3, -0.25) is 14.2 Å². The lowest BCUT2D eigenvalue weighted by Gasteiger charge is -2.32. The lowest BCUT2D eigenvalue weighted by Crippen LogP contribution is -2.41. The van der Waals surface area contributed by atoms with Gasteiger partial charge in [0.1, 0.15) is 12.4 Å². The molecule has 3 rings (SSSR count). The fraction of sp³-hybridized carbons (Fsp3) is 0.400. The Bertz CT molecular complexity index is 1110. The number of benzene rings is 2. The van der Waals surface area contributed by atoms with E-state index in [9.17, 15) is 9.59 Å². The van der Waals surface area contributed by atoms with Crippen molar-refractivity contribution in [3.8, 4) is 0 Å². The first-order valence-corrected chi connectivity index (χ1v) is 11.5. The highest BCUT2D eigenvalue weighted by Crippen LogP contribution is 2.25. The molecule has 0 fully saturated rings. The second-order valence-electron chi connectivity index (χ2n) is 7.67. The zero-order valence-corrected chi connectivity index (χ0v) is 19.6. The van der Waals surface area contributed by atoms with Crippen LogP contribution in [0.25, 0.3) is 10.9 Å². The molecule has 0 bridgehead atoms. The van der Waals surface area contributed by atoms with Gasteiger partial charge in [-0.05, 0) is 43.5 Å². The zero-order chi connectivity index (χ0) is 23.1. The van der Waals surface area contributed by atoms with Crippen LogP contribution in [0, 0.1) is 0 Å². The topological polar surface area (TPSA) is 64.4 Å². The molecule has 0 aliphatic carbocycles. The monoisotopic (exact) mass is 455 g/mol. The van der Waals surface area contributed by atoms with E-state index in [-0.39, 0.29) is 24.1 Å². The second-order valence-corrected chi connectivity index (χ2v) is 8.11. The summed E-state index contributed by atoms with van der Waals surface area (Å²) in [5, 5.41) is 1.04. The van der Waals surface area contributed by atoms with Crippen molar-refractivity contribution in [2.24, 2.45) is 0 Å². The van der Waals surface area contributed by atoms with Crippen LogP contribution >= 0.6 is 11.6 Å². The number of ether oxygens (including phenoxy) is 1. The van der Waals surface area contributed by atoms with Crippen molar-refractivity contribution < 1.29 is 9.53 Å². The summed E-state index contributed by atoms with van der Waals surface area (Å²) in [4.78, 5) is 32.9. The molecular weight excluding hydrogens is 426 g/mol. The third-order valence-corrected chi connectivity index (χ3v) is 5.68. The number of fused-ring (bicyclic) bond motifs is 1. The summed E-state index contributed by atoms with van der Waals surface area (Å²) >= 11 is 6.15. The van der Waals surface area contributed by atoms with Crippen LogP contribution in [0.5, 0.6) is 0 Å². The normalized spacial score (nSPS) is 12.1. The average molecular weight is 456 g/mol. The van der Waals surface area contributed by atoms with Crippen molar-refractivity contribution in [3.05, 3.63) is 75.3 Å². The van der Waals surface area contributed by atoms with E-state index < -0.39 is 0 Å². The van der Waals surface area contributed by atoms with Crippen LogP contribution in [-0.4, -0.2) is 33.5 Å². The van der Waals surface area contributed by atoms with E-state index in [0.717, 1.165) is 12.0 Å². The SMILES string of the molecule is CCCN(C(=O)COCc1ccccc1)C(CC)c1nc2cc(Cl)ccc2c(=O)n1CC. The van der Waals surface area contributed by atoms with Crippen molar-refractivity contribution in [1.29, 1.82) is 0 Å². The summed E-state index contributed by atoms with van der Waals surface area (Å²) in [7, 11) is 0. The van der Waals surface area contributed by atoms with E-state index in [1.807, 2.05) is 51.1 Å². The number of aromatic nitrogens is 2. The van der Waals surface area contributed by atoms with E-state index >= 15 is 0 Å². The van der Waals surface area contributed by atoms with Crippen LogP contribution < -0.4 is 5.56 Å². The second kappa shape index (κ2) is 11.2. The molecule has 0 saturated carbocycles. The minimum Gasteiger partial charge on any atom is -0.367 e. The van der Waals surface area contributed by atoms with Crippen molar-refractivity contribution in [1.82, 2.24) is 14.5 Å². The molecule has 0 N–H and O–H groups in total. The van der Waals surface area contributed by atoms with Gasteiger partial charge >= 0.3 is 0 Å². The Balaban J connectivity index is 1.91. The summed E-state index contributed by atoms with van der Waals surface area (Å²) in [5.74, 6) is 0.470. The number of halogens is 1. The van der Waals surface area contributed by atoms with Gasteiger partial charge in [0.05, 0.1) is 23.6 Å².